The highest BCUT2D eigenvalue weighted by Crippen LogP contribution is 2.16. The first-order valence-corrected chi connectivity index (χ1v) is 7.10. The Labute approximate surface area is 111 Å². The fraction of sp³-hybridized carbons (Fsp3) is 0.571. The van der Waals surface area contributed by atoms with Crippen molar-refractivity contribution in [2.45, 2.75) is 6.92 Å². The second-order valence-electron chi connectivity index (χ2n) is 4.48. The summed E-state index contributed by atoms with van der Waals surface area (Å²) < 4.78 is 0. The molecule has 3 heteroatoms. The van der Waals surface area contributed by atoms with Gasteiger partial charge in [-0.3, -0.25) is 0 Å². The van der Waals surface area contributed by atoms with Crippen LogP contribution in [0.1, 0.15) is 6.92 Å². The van der Waals surface area contributed by atoms with Gasteiger partial charge in [0.15, 0.2) is 0 Å². The third-order valence-electron chi connectivity index (χ3n) is 3.09. The van der Waals surface area contributed by atoms with Crippen LogP contribution in [0.15, 0.2) is 36.1 Å². The molecule has 1 aliphatic heterocycles. The number of nitrogens with zero attached hydrogens (tertiary/aromatic N) is 2. The van der Waals surface area contributed by atoms with Crippen molar-refractivity contribution < 1.29 is 0 Å². The summed E-state index contributed by atoms with van der Waals surface area (Å²) in [5.41, 5.74) is 1.39. The van der Waals surface area contributed by atoms with Crippen molar-refractivity contribution in [3.8, 4) is 0 Å². The Hall–Kier alpha value is -0.670. The molecule has 0 saturated carbocycles. The summed E-state index contributed by atoms with van der Waals surface area (Å²) in [6.07, 6.45) is 12.8. The van der Waals surface area contributed by atoms with E-state index in [0.717, 1.165) is 13.1 Å². The van der Waals surface area contributed by atoms with Gasteiger partial charge in [-0.2, -0.15) is 12.6 Å². The molecular weight excluding hydrogens is 228 g/mol. The molecule has 0 amide bonds. The minimum absolute atomic E-state index is 0.551. The van der Waals surface area contributed by atoms with Crippen molar-refractivity contribution in [1.82, 2.24) is 9.80 Å². The zero-order valence-corrected chi connectivity index (χ0v) is 12.0. The summed E-state index contributed by atoms with van der Waals surface area (Å²) in [5.74, 6) is 0.551. The van der Waals surface area contributed by atoms with Gasteiger partial charge >= 0.3 is 0 Å². The van der Waals surface area contributed by atoms with Crippen molar-refractivity contribution in [3.63, 3.8) is 0 Å². The van der Waals surface area contributed by atoms with Gasteiger partial charge < -0.3 is 9.80 Å². The maximum atomic E-state index is 3.53. The van der Waals surface area contributed by atoms with Crippen LogP contribution in [0.2, 0.25) is 0 Å². The Kier molecular flexibility index (Phi) is 6.45. The van der Waals surface area contributed by atoms with Crippen molar-refractivity contribution in [2.75, 3.05) is 39.5 Å². The van der Waals surface area contributed by atoms with Crippen LogP contribution in [0.5, 0.6) is 0 Å². The van der Waals surface area contributed by atoms with E-state index in [4.69, 9.17) is 0 Å². The molecule has 96 valence electrons. The maximum Gasteiger partial charge on any atom is 0.0332 e. The molecule has 0 aromatic heterocycles. The molecule has 1 aliphatic carbocycles. The molecule has 0 aromatic rings. The number of rotatable bonds is 1. The summed E-state index contributed by atoms with van der Waals surface area (Å²) in [7, 11) is 2.19. The molecule has 1 heterocycles. The highest BCUT2D eigenvalue weighted by Gasteiger charge is 2.15. The molecule has 0 radical (unpaired) electrons. The van der Waals surface area contributed by atoms with Crippen molar-refractivity contribution in [3.05, 3.63) is 36.1 Å². The molecule has 17 heavy (non-hydrogen) atoms. The third-order valence-corrected chi connectivity index (χ3v) is 3.09. The van der Waals surface area contributed by atoms with E-state index in [1.165, 1.54) is 18.8 Å². The lowest BCUT2D eigenvalue weighted by Gasteiger charge is -2.34. The fourth-order valence-corrected chi connectivity index (χ4v) is 2.05. The van der Waals surface area contributed by atoms with Crippen LogP contribution in [-0.2, 0) is 0 Å². The molecule has 0 N–H and O–H groups in total. The van der Waals surface area contributed by atoms with Crippen LogP contribution in [0.4, 0.5) is 0 Å². The Morgan fingerprint density at radius 3 is 2.41 bits per heavy atom. The largest absolute Gasteiger partial charge is 0.369 e. The summed E-state index contributed by atoms with van der Waals surface area (Å²) in [5, 5.41) is 0. The average molecular weight is 252 g/mol. The van der Waals surface area contributed by atoms with Crippen LogP contribution in [0, 0.1) is 5.92 Å². The molecular formula is C14H24N2S. The smallest absolute Gasteiger partial charge is 0.0332 e. The molecule has 1 saturated heterocycles. The number of allylic oxidation sites excluding steroid dienone is 5. The minimum Gasteiger partial charge on any atom is -0.369 e. The molecule has 1 unspecified atom stereocenters. The van der Waals surface area contributed by atoms with Gasteiger partial charge in [0.05, 0.1) is 0 Å². The van der Waals surface area contributed by atoms with Gasteiger partial charge in [-0.15, -0.1) is 0 Å². The van der Waals surface area contributed by atoms with Crippen molar-refractivity contribution in [1.29, 1.82) is 0 Å². The van der Waals surface area contributed by atoms with E-state index in [0.29, 0.717) is 5.92 Å². The highest BCUT2D eigenvalue weighted by atomic mass is 32.1. The summed E-state index contributed by atoms with van der Waals surface area (Å²) in [4.78, 5) is 4.87. The SMILES string of the molecule is CC1C=CC=CC(N2CCN(C)CC2)=C1.CS. The molecule has 2 aliphatic rings. The van der Waals surface area contributed by atoms with E-state index in [1.807, 2.05) is 0 Å². The average Bonchev–Trinajstić information content (AvgIpc) is 2.57. The summed E-state index contributed by atoms with van der Waals surface area (Å²) in [6, 6.07) is 0. The van der Waals surface area contributed by atoms with Crippen LogP contribution in [0.25, 0.3) is 0 Å². The minimum atomic E-state index is 0.551. The Morgan fingerprint density at radius 1 is 1.12 bits per heavy atom. The number of hydrogen-bond donors (Lipinski definition) is 1. The molecule has 0 aromatic carbocycles. The van der Waals surface area contributed by atoms with Crippen LogP contribution < -0.4 is 0 Å². The predicted octanol–water partition coefficient (Wildman–Crippen LogP) is 2.43. The van der Waals surface area contributed by atoms with Gasteiger partial charge in [-0.25, -0.2) is 0 Å². The van der Waals surface area contributed by atoms with Gasteiger partial charge in [0.25, 0.3) is 0 Å². The zero-order chi connectivity index (χ0) is 12.7. The fourth-order valence-electron chi connectivity index (χ4n) is 2.05. The van der Waals surface area contributed by atoms with Crippen LogP contribution in [0.3, 0.4) is 0 Å². The van der Waals surface area contributed by atoms with Gasteiger partial charge in [0.2, 0.25) is 0 Å². The lowest BCUT2D eigenvalue weighted by atomic mass is 10.1. The van der Waals surface area contributed by atoms with Gasteiger partial charge in [-0.1, -0.05) is 31.2 Å². The molecule has 2 nitrogen and oxygen atoms in total. The first-order chi connectivity index (χ1) is 8.25. The van der Waals surface area contributed by atoms with E-state index in [2.05, 4.69) is 66.8 Å². The van der Waals surface area contributed by atoms with E-state index < -0.39 is 0 Å². The third kappa shape index (κ3) is 4.60. The predicted molar refractivity (Wildman–Crippen MR) is 79.5 cm³/mol. The molecule has 0 bridgehead atoms. The van der Waals surface area contributed by atoms with E-state index in [1.54, 1.807) is 6.26 Å². The zero-order valence-electron chi connectivity index (χ0n) is 11.1. The maximum absolute atomic E-state index is 3.53. The quantitative estimate of drug-likeness (QED) is 0.716. The standard InChI is InChI=1S/C13H20N2.CH4S/c1-12-5-3-4-6-13(11-12)15-9-7-14(2)8-10-15;1-2/h3-6,11-12H,7-10H2,1-2H3;2H,1H3. The first-order valence-electron chi connectivity index (χ1n) is 6.20. The topological polar surface area (TPSA) is 6.48 Å². The Morgan fingerprint density at radius 2 is 1.76 bits per heavy atom. The van der Waals surface area contributed by atoms with Gasteiger partial charge in [0, 0.05) is 31.9 Å². The van der Waals surface area contributed by atoms with E-state index in [9.17, 15) is 0 Å². The van der Waals surface area contributed by atoms with Crippen LogP contribution >= 0.6 is 12.6 Å². The molecule has 1 atom stereocenters. The number of likely N-dealkylation sites (N-methyl/N-ethyl adjacent to an activating group) is 1. The highest BCUT2D eigenvalue weighted by molar-refractivity contribution is 7.79. The Bertz CT molecular complexity index is 299. The van der Waals surface area contributed by atoms with Crippen molar-refractivity contribution in [2.24, 2.45) is 5.92 Å². The normalized spacial score (nSPS) is 24.8. The second kappa shape index (κ2) is 7.62. The summed E-state index contributed by atoms with van der Waals surface area (Å²) in [6.45, 7) is 6.89. The van der Waals surface area contributed by atoms with E-state index >= 15 is 0 Å². The lowest BCUT2D eigenvalue weighted by molar-refractivity contribution is 0.189. The monoisotopic (exact) mass is 252 g/mol. The number of hydrogen-bond acceptors (Lipinski definition) is 3. The van der Waals surface area contributed by atoms with Crippen molar-refractivity contribution >= 4 is 12.6 Å². The number of piperazine rings is 1. The first kappa shape index (κ1) is 14.4. The Balaban J connectivity index is 0.000000686. The number of thiol groups is 1. The van der Waals surface area contributed by atoms with Gasteiger partial charge in [0.1, 0.15) is 0 Å². The van der Waals surface area contributed by atoms with Crippen LogP contribution in [-0.4, -0.2) is 49.3 Å². The molecule has 1 fully saturated rings. The lowest BCUT2D eigenvalue weighted by Crippen LogP contribution is -2.43. The van der Waals surface area contributed by atoms with Gasteiger partial charge in [-0.05, 0) is 25.3 Å². The molecule has 2 rings (SSSR count). The van der Waals surface area contributed by atoms with E-state index in [-0.39, 0.29) is 0 Å². The summed E-state index contributed by atoms with van der Waals surface area (Å²) >= 11 is 3.53. The second-order valence-corrected chi connectivity index (χ2v) is 4.48. The molecule has 0 spiro atoms.